The van der Waals surface area contributed by atoms with E-state index in [0.29, 0.717) is 43.6 Å². The molecule has 14 heteroatoms. The fraction of sp³-hybridized carbons (Fsp3) is 0.409. The minimum absolute atomic E-state index is 0.0462. The lowest BCUT2D eigenvalue weighted by Crippen LogP contribution is -2.41. The SMILES string of the molecule is CS(=O)(=O)N(CC(=O)NCCOc1ccc(S(=O)(=O)N2CCOCC2)cc1)c1ccc2c(c1)OCO2. The number of morpholine rings is 1. The summed E-state index contributed by atoms with van der Waals surface area (Å²) in [5.74, 6) is 0.816. The Bertz CT molecular complexity index is 1290. The van der Waals surface area contributed by atoms with Crippen LogP contribution >= 0.6 is 0 Å². The molecular weight excluding hydrogens is 514 g/mol. The first-order valence-electron chi connectivity index (χ1n) is 11.1. The summed E-state index contributed by atoms with van der Waals surface area (Å²) in [6, 6.07) is 10.6. The third-order valence-corrected chi connectivity index (χ3v) is 8.51. The maximum Gasteiger partial charge on any atom is 0.243 e. The standard InChI is InChI=1S/C22H27N3O9S2/c1-35(27,28)25(17-2-7-20-21(14-17)34-16-33-20)15-22(26)23-8-11-32-18-3-5-19(6-4-18)36(29,30)24-9-12-31-13-10-24/h2-7,14H,8-13,15-16H2,1H3,(H,23,26). The Morgan fingerprint density at radius 3 is 2.42 bits per heavy atom. The number of carbonyl (C=O) groups is 1. The number of rotatable bonds is 10. The fourth-order valence-corrected chi connectivity index (χ4v) is 5.89. The summed E-state index contributed by atoms with van der Waals surface area (Å²) in [5, 5.41) is 2.62. The van der Waals surface area contributed by atoms with Crippen LogP contribution in [0.1, 0.15) is 0 Å². The molecule has 0 saturated carbocycles. The number of nitrogens with one attached hydrogen (secondary N) is 1. The van der Waals surface area contributed by atoms with Crippen molar-refractivity contribution in [3.05, 3.63) is 42.5 Å². The van der Waals surface area contributed by atoms with E-state index >= 15 is 0 Å². The maximum absolute atomic E-state index is 12.7. The van der Waals surface area contributed by atoms with E-state index in [9.17, 15) is 21.6 Å². The first-order valence-corrected chi connectivity index (χ1v) is 14.4. The highest BCUT2D eigenvalue weighted by molar-refractivity contribution is 7.92. The van der Waals surface area contributed by atoms with E-state index < -0.39 is 32.5 Å². The van der Waals surface area contributed by atoms with Crippen molar-refractivity contribution >= 4 is 31.6 Å². The first-order chi connectivity index (χ1) is 17.1. The second-order valence-electron chi connectivity index (χ2n) is 7.99. The minimum Gasteiger partial charge on any atom is -0.492 e. The normalized spacial score (nSPS) is 15.9. The summed E-state index contributed by atoms with van der Waals surface area (Å²) in [4.78, 5) is 12.6. The molecule has 2 aromatic carbocycles. The molecule has 1 fully saturated rings. The molecule has 2 aliphatic rings. The molecule has 0 spiro atoms. The molecule has 1 N–H and O–H groups in total. The lowest BCUT2D eigenvalue weighted by molar-refractivity contribution is -0.119. The van der Waals surface area contributed by atoms with E-state index in [1.807, 2.05) is 0 Å². The molecule has 196 valence electrons. The molecule has 12 nitrogen and oxygen atoms in total. The van der Waals surface area contributed by atoms with Gasteiger partial charge in [-0.15, -0.1) is 0 Å². The topological polar surface area (TPSA) is 141 Å². The molecular formula is C22H27N3O9S2. The number of hydrogen-bond donors (Lipinski definition) is 1. The van der Waals surface area contributed by atoms with Gasteiger partial charge in [-0.05, 0) is 36.4 Å². The van der Waals surface area contributed by atoms with E-state index in [0.717, 1.165) is 10.6 Å². The molecule has 1 saturated heterocycles. The lowest BCUT2D eigenvalue weighted by Gasteiger charge is -2.26. The smallest absolute Gasteiger partial charge is 0.243 e. The molecule has 4 rings (SSSR count). The minimum atomic E-state index is -3.74. The molecule has 1 amide bonds. The predicted molar refractivity (Wildman–Crippen MR) is 129 cm³/mol. The molecule has 0 unspecified atom stereocenters. The summed E-state index contributed by atoms with van der Waals surface area (Å²) in [6.07, 6.45) is 1.01. The van der Waals surface area contributed by atoms with Gasteiger partial charge in [0.05, 0.1) is 36.6 Å². The highest BCUT2D eigenvalue weighted by Crippen LogP contribution is 2.36. The Kier molecular flexibility index (Phi) is 7.88. The zero-order valence-corrected chi connectivity index (χ0v) is 21.2. The van der Waals surface area contributed by atoms with Gasteiger partial charge in [0.15, 0.2) is 11.5 Å². The van der Waals surface area contributed by atoms with Crippen LogP contribution in [0.15, 0.2) is 47.4 Å². The highest BCUT2D eigenvalue weighted by Gasteiger charge is 2.26. The summed E-state index contributed by atoms with van der Waals surface area (Å²) in [7, 11) is -7.34. The van der Waals surface area contributed by atoms with Crippen molar-refractivity contribution < 1.29 is 40.6 Å². The van der Waals surface area contributed by atoms with Gasteiger partial charge in [-0.25, -0.2) is 16.8 Å². The second-order valence-corrected chi connectivity index (χ2v) is 11.8. The molecule has 0 aromatic heterocycles. The van der Waals surface area contributed by atoms with E-state index in [1.54, 1.807) is 18.2 Å². The highest BCUT2D eigenvalue weighted by atomic mass is 32.2. The quantitative estimate of drug-likeness (QED) is 0.423. The molecule has 0 aliphatic carbocycles. The number of ether oxygens (including phenoxy) is 4. The van der Waals surface area contributed by atoms with Gasteiger partial charge >= 0.3 is 0 Å². The van der Waals surface area contributed by atoms with Gasteiger partial charge in [-0.1, -0.05) is 0 Å². The third kappa shape index (κ3) is 6.19. The molecule has 0 radical (unpaired) electrons. The summed E-state index contributed by atoms with van der Waals surface area (Å²) in [6.45, 7) is 1.19. The first kappa shape index (κ1) is 26.0. The number of sulfonamides is 2. The average Bonchev–Trinajstić information content (AvgIpc) is 3.33. The van der Waals surface area contributed by atoms with Gasteiger partial charge in [0.25, 0.3) is 0 Å². The Morgan fingerprint density at radius 2 is 1.72 bits per heavy atom. The number of hydrogen-bond acceptors (Lipinski definition) is 9. The number of amides is 1. The molecule has 36 heavy (non-hydrogen) atoms. The van der Waals surface area contributed by atoms with E-state index in [1.165, 1.54) is 28.6 Å². The molecule has 2 heterocycles. The van der Waals surface area contributed by atoms with Gasteiger partial charge in [-0.3, -0.25) is 9.10 Å². The zero-order valence-electron chi connectivity index (χ0n) is 19.6. The van der Waals surface area contributed by atoms with Crippen molar-refractivity contribution in [3.63, 3.8) is 0 Å². The van der Waals surface area contributed by atoms with Crippen LogP contribution in [0.5, 0.6) is 17.2 Å². The van der Waals surface area contributed by atoms with Gasteiger partial charge < -0.3 is 24.3 Å². The number of nitrogens with zero attached hydrogens (tertiary/aromatic N) is 2. The van der Waals surface area contributed by atoms with Crippen molar-refractivity contribution in [3.8, 4) is 17.2 Å². The maximum atomic E-state index is 12.7. The monoisotopic (exact) mass is 541 g/mol. The Labute approximate surface area is 209 Å². The van der Waals surface area contributed by atoms with Gasteiger partial charge in [-0.2, -0.15) is 4.31 Å². The average molecular weight is 542 g/mol. The largest absolute Gasteiger partial charge is 0.492 e. The van der Waals surface area contributed by atoms with Crippen molar-refractivity contribution in [1.29, 1.82) is 0 Å². The summed E-state index contributed by atoms with van der Waals surface area (Å²) >= 11 is 0. The van der Waals surface area contributed by atoms with Crippen LogP contribution in [0, 0.1) is 0 Å². The van der Waals surface area contributed by atoms with Crippen LogP contribution in [0.4, 0.5) is 5.69 Å². The Balaban J connectivity index is 1.27. The molecule has 0 bridgehead atoms. The van der Waals surface area contributed by atoms with Crippen molar-refractivity contribution in [2.24, 2.45) is 0 Å². The number of carbonyl (C=O) groups excluding carboxylic acids is 1. The van der Waals surface area contributed by atoms with E-state index in [2.05, 4.69) is 5.32 Å². The molecule has 0 atom stereocenters. The van der Waals surface area contributed by atoms with Crippen LogP contribution in [0.25, 0.3) is 0 Å². The van der Waals surface area contributed by atoms with Crippen molar-refractivity contribution in [2.45, 2.75) is 4.90 Å². The number of anilines is 1. The van der Waals surface area contributed by atoms with Crippen LogP contribution in [-0.4, -0.2) is 86.1 Å². The van der Waals surface area contributed by atoms with Crippen molar-refractivity contribution in [1.82, 2.24) is 9.62 Å². The number of fused-ring (bicyclic) bond motifs is 1. The van der Waals surface area contributed by atoms with Crippen LogP contribution in [-0.2, 0) is 29.6 Å². The fourth-order valence-electron chi connectivity index (χ4n) is 3.63. The van der Waals surface area contributed by atoms with Crippen LogP contribution in [0.2, 0.25) is 0 Å². The molecule has 2 aliphatic heterocycles. The van der Waals surface area contributed by atoms with Crippen LogP contribution in [0.3, 0.4) is 0 Å². The van der Waals surface area contributed by atoms with Crippen LogP contribution < -0.4 is 23.8 Å². The Morgan fingerprint density at radius 1 is 1.03 bits per heavy atom. The number of benzene rings is 2. The predicted octanol–water partition coefficient (Wildman–Crippen LogP) is 0.397. The summed E-state index contributed by atoms with van der Waals surface area (Å²) < 4.78 is 73.5. The lowest BCUT2D eigenvalue weighted by atomic mass is 10.3. The zero-order chi connectivity index (χ0) is 25.8. The van der Waals surface area contributed by atoms with E-state index in [4.69, 9.17) is 18.9 Å². The Hall–Kier alpha value is -3.07. The van der Waals surface area contributed by atoms with Gasteiger partial charge in [0, 0.05) is 19.2 Å². The second kappa shape index (κ2) is 10.9. The molecule has 2 aromatic rings. The van der Waals surface area contributed by atoms with Gasteiger partial charge in [0.2, 0.25) is 32.7 Å². The summed E-state index contributed by atoms with van der Waals surface area (Å²) in [5.41, 5.74) is 0.278. The van der Waals surface area contributed by atoms with Crippen molar-refractivity contribution in [2.75, 3.05) is 63.4 Å². The van der Waals surface area contributed by atoms with E-state index in [-0.39, 0.29) is 30.5 Å². The van der Waals surface area contributed by atoms with Gasteiger partial charge in [0.1, 0.15) is 18.9 Å². The third-order valence-electron chi connectivity index (χ3n) is 5.46.